The average Bonchev–Trinajstić information content (AvgIpc) is 2.27. The van der Waals surface area contributed by atoms with Gasteiger partial charge in [-0.15, -0.1) is 0 Å². The number of nitrogens with one attached hydrogen (secondary N) is 1. The Labute approximate surface area is 98.9 Å². The van der Waals surface area contributed by atoms with Crippen LogP contribution in [0.1, 0.15) is 39.5 Å². The van der Waals surface area contributed by atoms with Crippen molar-refractivity contribution >= 4 is 5.91 Å². The first-order valence-electron chi connectivity index (χ1n) is 6.38. The van der Waals surface area contributed by atoms with E-state index in [-0.39, 0.29) is 5.91 Å². The minimum Gasteiger partial charge on any atom is -0.353 e. The van der Waals surface area contributed by atoms with Gasteiger partial charge in [0.1, 0.15) is 0 Å². The van der Waals surface area contributed by atoms with E-state index in [1.807, 2.05) is 6.92 Å². The number of piperidine rings is 1. The van der Waals surface area contributed by atoms with Gasteiger partial charge in [-0.3, -0.25) is 4.79 Å². The first kappa shape index (κ1) is 13.2. The summed E-state index contributed by atoms with van der Waals surface area (Å²) >= 11 is 0. The number of rotatable bonds is 5. The molecule has 1 N–H and O–H groups in total. The number of amides is 1. The standard InChI is InChI=1S/C13H24N2O/c1-3-7-13(16)14-9-6-11-15-10-5-4-8-12(15)2/h3,7,12H,4-6,8-11H2,1-2H3,(H,14,16). The summed E-state index contributed by atoms with van der Waals surface area (Å²) in [6, 6.07) is 0.722. The number of allylic oxidation sites excluding steroid dienone is 1. The second-order valence-electron chi connectivity index (χ2n) is 4.53. The third kappa shape index (κ3) is 4.79. The Morgan fingerprint density at radius 3 is 3.00 bits per heavy atom. The summed E-state index contributed by atoms with van der Waals surface area (Å²) < 4.78 is 0. The van der Waals surface area contributed by atoms with Gasteiger partial charge in [0.05, 0.1) is 0 Å². The second kappa shape index (κ2) is 7.44. The van der Waals surface area contributed by atoms with Crippen molar-refractivity contribution in [3.8, 4) is 0 Å². The van der Waals surface area contributed by atoms with Crippen LogP contribution >= 0.6 is 0 Å². The fourth-order valence-corrected chi connectivity index (χ4v) is 2.19. The zero-order valence-corrected chi connectivity index (χ0v) is 10.5. The normalized spacial score (nSPS) is 22.5. The first-order chi connectivity index (χ1) is 7.74. The minimum atomic E-state index is 0.0224. The summed E-state index contributed by atoms with van der Waals surface area (Å²) in [5.74, 6) is 0.0224. The van der Waals surface area contributed by atoms with E-state index in [0.717, 1.165) is 25.6 Å². The number of likely N-dealkylation sites (tertiary alicyclic amines) is 1. The number of carbonyl (C=O) groups is 1. The van der Waals surface area contributed by atoms with Gasteiger partial charge in [-0.1, -0.05) is 12.5 Å². The number of hydrogen-bond donors (Lipinski definition) is 1. The van der Waals surface area contributed by atoms with Crippen molar-refractivity contribution in [2.45, 2.75) is 45.6 Å². The van der Waals surface area contributed by atoms with Crippen molar-refractivity contribution < 1.29 is 4.79 Å². The monoisotopic (exact) mass is 224 g/mol. The van der Waals surface area contributed by atoms with Crippen LogP contribution in [0.3, 0.4) is 0 Å². The highest BCUT2D eigenvalue weighted by Crippen LogP contribution is 2.15. The van der Waals surface area contributed by atoms with Crippen LogP contribution in [-0.4, -0.2) is 36.5 Å². The second-order valence-corrected chi connectivity index (χ2v) is 4.53. The third-order valence-corrected chi connectivity index (χ3v) is 3.18. The van der Waals surface area contributed by atoms with Crippen LogP contribution in [0.4, 0.5) is 0 Å². The molecular formula is C13H24N2O. The number of hydrogen-bond acceptors (Lipinski definition) is 2. The largest absolute Gasteiger partial charge is 0.353 e. The molecule has 0 radical (unpaired) electrons. The lowest BCUT2D eigenvalue weighted by Gasteiger charge is -2.33. The van der Waals surface area contributed by atoms with Gasteiger partial charge in [-0.25, -0.2) is 0 Å². The fourth-order valence-electron chi connectivity index (χ4n) is 2.19. The van der Waals surface area contributed by atoms with E-state index in [1.54, 1.807) is 12.2 Å². The van der Waals surface area contributed by atoms with Crippen molar-refractivity contribution in [2.24, 2.45) is 0 Å². The van der Waals surface area contributed by atoms with Crippen LogP contribution < -0.4 is 5.32 Å². The van der Waals surface area contributed by atoms with Gasteiger partial charge in [0.15, 0.2) is 0 Å². The predicted molar refractivity (Wildman–Crippen MR) is 67.3 cm³/mol. The molecule has 1 amide bonds. The molecule has 0 aromatic heterocycles. The topological polar surface area (TPSA) is 32.3 Å². The number of carbonyl (C=O) groups excluding carboxylic acids is 1. The highest BCUT2D eigenvalue weighted by molar-refractivity contribution is 5.87. The summed E-state index contributed by atoms with van der Waals surface area (Å²) in [5.41, 5.74) is 0. The summed E-state index contributed by atoms with van der Waals surface area (Å²) in [7, 11) is 0. The van der Waals surface area contributed by atoms with Crippen molar-refractivity contribution in [1.29, 1.82) is 0 Å². The van der Waals surface area contributed by atoms with E-state index < -0.39 is 0 Å². The van der Waals surface area contributed by atoms with Crippen LogP contribution in [0.2, 0.25) is 0 Å². The lowest BCUT2D eigenvalue weighted by molar-refractivity contribution is -0.116. The molecule has 1 aliphatic rings. The molecule has 16 heavy (non-hydrogen) atoms. The summed E-state index contributed by atoms with van der Waals surface area (Å²) in [4.78, 5) is 13.7. The summed E-state index contributed by atoms with van der Waals surface area (Å²) in [6.07, 6.45) is 8.41. The van der Waals surface area contributed by atoms with E-state index >= 15 is 0 Å². The summed E-state index contributed by atoms with van der Waals surface area (Å²) in [5, 5.41) is 2.89. The van der Waals surface area contributed by atoms with E-state index in [2.05, 4.69) is 17.1 Å². The minimum absolute atomic E-state index is 0.0224. The maximum absolute atomic E-state index is 11.1. The molecule has 1 unspecified atom stereocenters. The zero-order valence-electron chi connectivity index (χ0n) is 10.5. The average molecular weight is 224 g/mol. The Bertz CT molecular complexity index is 238. The Hall–Kier alpha value is -0.830. The van der Waals surface area contributed by atoms with Gasteiger partial charge in [-0.2, -0.15) is 0 Å². The van der Waals surface area contributed by atoms with Crippen molar-refractivity contribution in [3.63, 3.8) is 0 Å². The molecule has 1 atom stereocenters. The molecule has 0 aromatic carbocycles. The van der Waals surface area contributed by atoms with Crippen molar-refractivity contribution in [1.82, 2.24) is 10.2 Å². The quantitative estimate of drug-likeness (QED) is 0.572. The van der Waals surface area contributed by atoms with Crippen LogP contribution in [0.15, 0.2) is 12.2 Å². The van der Waals surface area contributed by atoms with Crippen LogP contribution in [0, 0.1) is 0 Å². The highest BCUT2D eigenvalue weighted by atomic mass is 16.1. The van der Waals surface area contributed by atoms with Gasteiger partial charge in [0, 0.05) is 19.1 Å². The van der Waals surface area contributed by atoms with E-state index in [4.69, 9.17) is 0 Å². The zero-order chi connectivity index (χ0) is 11.8. The Kier molecular flexibility index (Phi) is 6.16. The molecule has 0 aliphatic carbocycles. The number of nitrogens with zero attached hydrogens (tertiary/aromatic N) is 1. The molecule has 0 aromatic rings. The third-order valence-electron chi connectivity index (χ3n) is 3.18. The molecule has 3 nitrogen and oxygen atoms in total. The van der Waals surface area contributed by atoms with Crippen LogP contribution in [0.5, 0.6) is 0 Å². The van der Waals surface area contributed by atoms with Gasteiger partial charge >= 0.3 is 0 Å². The highest BCUT2D eigenvalue weighted by Gasteiger charge is 2.16. The van der Waals surface area contributed by atoms with Crippen LogP contribution in [0.25, 0.3) is 0 Å². The van der Waals surface area contributed by atoms with Gasteiger partial charge < -0.3 is 10.2 Å². The molecule has 92 valence electrons. The molecule has 3 heteroatoms. The predicted octanol–water partition coefficient (Wildman–Crippen LogP) is 1.94. The molecule has 1 fully saturated rings. The van der Waals surface area contributed by atoms with Crippen molar-refractivity contribution in [2.75, 3.05) is 19.6 Å². The maximum atomic E-state index is 11.1. The molecule has 0 bridgehead atoms. The van der Waals surface area contributed by atoms with Gasteiger partial charge in [-0.05, 0) is 45.7 Å². The van der Waals surface area contributed by atoms with E-state index in [1.165, 1.54) is 25.8 Å². The molecular weight excluding hydrogens is 200 g/mol. The van der Waals surface area contributed by atoms with E-state index in [0.29, 0.717) is 0 Å². The smallest absolute Gasteiger partial charge is 0.243 e. The lowest BCUT2D eigenvalue weighted by Crippen LogP contribution is -2.39. The Morgan fingerprint density at radius 2 is 2.31 bits per heavy atom. The SMILES string of the molecule is CC=CC(=O)NCCCN1CCCCC1C. The summed E-state index contributed by atoms with van der Waals surface area (Å²) in [6.45, 7) is 7.28. The fraction of sp³-hybridized carbons (Fsp3) is 0.769. The maximum Gasteiger partial charge on any atom is 0.243 e. The molecule has 1 saturated heterocycles. The molecule has 1 rings (SSSR count). The van der Waals surface area contributed by atoms with E-state index in [9.17, 15) is 4.79 Å². The first-order valence-corrected chi connectivity index (χ1v) is 6.38. The molecule has 1 heterocycles. The molecule has 0 saturated carbocycles. The Balaban J connectivity index is 2.08. The Morgan fingerprint density at radius 1 is 1.50 bits per heavy atom. The van der Waals surface area contributed by atoms with Crippen molar-refractivity contribution in [3.05, 3.63) is 12.2 Å². The lowest BCUT2D eigenvalue weighted by atomic mass is 10.0. The van der Waals surface area contributed by atoms with Crippen LogP contribution in [-0.2, 0) is 4.79 Å². The molecule has 1 aliphatic heterocycles. The molecule has 0 spiro atoms. The van der Waals surface area contributed by atoms with Gasteiger partial charge in [0.25, 0.3) is 0 Å². The van der Waals surface area contributed by atoms with Gasteiger partial charge in [0.2, 0.25) is 5.91 Å².